The number of primary amides is 1. The van der Waals surface area contributed by atoms with Crippen molar-refractivity contribution < 1.29 is 14.4 Å². The molecule has 4 amide bonds. The summed E-state index contributed by atoms with van der Waals surface area (Å²) in [6.07, 6.45) is 0.610. The minimum atomic E-state index is -0.766. The normalized spacial score (nSPS) is 16.8. The van der Waals surface area contributed by atoms with Crippen molar-refractivity contribution in [3.05, 3.63) is 65.7 Å². The summed E-state index contributed by atoms with van der Waals surface area (Å²) in [6.45, 7) is 2.12. The number of carbonyl (C=O) groups excluding carboxylic acids is 3. The lowest BCUT2D eigenvalue weighted by molar-refractivity contribution is -0.138. The van der Waals surface area contributed by atoms with Crippen LogP contribution >= 0.6 is 0 Å². The number of hydrogen-bond donors (Lipinski definition) is 2. The maximum atomic E-state index is 12.8. The number of nitrogens with one attached hydrogen (secondary N) is 1. The molecule has 0 unspecified atom stereocenters. The summed E-state index contributed by atoms with van der Waals surface area (Å²) in [5.41, 5.74) is 8.08. The molecule has 146 valence electrons. The molecule has 7 nitrogen and oxygen atoms in total. The van der Waals surface area contributed by atoms with Gasteiger partial charge in [-0.25, -0.2) is 4.79 Å². The van der Waals surface area contributed by atoms with Crippen LogP contribution in [0.1, 0.15) is 11.1 Å². The zero-order valence-corrected chi connectivity index (χ0v) is 15.8. The van der Waals surface area contributed by atoms with Gasteiger partial charge in [-0.1, -0.05) is 48.0 Å². The van der Waals surface area contributed by atoms with E-state index in [-0.39, 0.29) is 30.9 Å². The van der Waals surface area contributed by atoms with E-state index in [1.807, 2.05) is 61.5 Å². The fourth-order valence-corrected chi connectivity index (χ4v) is 3.36. The monoisotopic (exact) mass is 380 g/mol. The van der Waals surface area contributed by atoms with Gasteiger partial charge in [0.2, 0.25) is 11.8 Å². The maximum absolute atomic E-state index is 12.8. The van der Waals surface area contributed by atoms with Gasteiger partial charge in [-0.15, -0.1) is 0 Å². The third-order valence-corrected chi connectivity index (χ3v) is 4.83. The third kappa shape index (κ3) is 4.68. The first-order valence-corrected chi connectivity index (χ1v) is 9.18. The number of rotatable bonds is 5. The second kappa shape index (κ2) is 8.56. The highest BCUT2D eigenvalue weighted by Crippen LogP contribution is 2.23. The molecule has 0 aromatic heterocycles. The van der Waals surface area contributed by atoms with Crippen LogP contribution in [-0.4, -0.2) is 48.4 Å². The van der Waals surface area contributed by atoms with Gasteiger partial charge in [0.05, 0.1) is 12.6 Å². The molecule has 3 N–H and O–H groups in total. The Morgan fingerprint density at radius 3 is 2.43 bits per heavy atom. The summed E-state index contributed by atoms with van der Waals surface area (Å²) in [7, 11) is 0. The number of piperazine rings is 1. The first kappa shape index (κ1) is 19.4. The van der Waals surface area contributed by atoms with Crippen LogP contribution in [-0.2, 0) is 16.0 Å². The van der Waals surface area contributed by atoms with Crippen molar-refractivity contribution in [2.24, 2.45) is 5.73 Å². The van der Waals surface area contributed by atoms with E-state index < -0.39 is 6.03 Å². The molecule has 1 saturated heterocycles. The average Bonchev–Trinajstić information content (AvgIpc) is 2.68. The Hall–Kier alpha value is -3.35. The fraction of sp³-hybridized carbons (Fsp3) is 0.286. The van der Waals surface area contributed by atoms with Gasteiger partial charge in [-0.3, -0.25) is 9.59 Å². The van der Waals surface area contributed by atoms with Gasteiger partial charge in [0.25, 0.3) is 0 Å². The van der Waals surface area contributed by atoms with Crippen molar-refractivity contribution >= 4 is 23.5 Å². The number of nitrogens with zero attached hydrogens (tertiary/aromatic N) is 2. The van der Waals surface area contributed by atoms with E-state index in [0.29, 0.717) is 13.0 Å². The zero-order valence-electron chi connectivity index (χ0n) is 15.8. The summed E-state index contributed by atoms with van der Waals surface area (Å²) >= 11 is 0. The van der Waals surface area contributed by atoms with E-state index in [9.17, 15) is 14.4 Å². The largest absolute Gasteiger partial charge is 0.352 e. The summed E-state index contributed by atoms with van der Waals surface area (Å²) < 4.78 is 0. The Morgan fingerprint density at radius 2 is 1.79 bits per heavy atom. The van der Waals surface area contributed by atoms with Gasteiger partial charge < -0.3 is 20.9 Å². The number of urea groups is 1. The summed E-state index contributed by atoms with van der Waals surface area (Å²) in [5.74, 6) is -0.475. The third-order valence-electron chi connectivity index (χ3n) is 4.83. The van der Waals surface area contributed by atoms with Crippen molar-refractivity contribution in [2.75, 3.05) is 24.5 Å². The van der Waals surface area contributed by atoms with Crippen LogP contribution in [0.4, 0.5) is 10.5 Å². The van der Waals surface area contributed by atoms with Crippen LogP contribution < -0.4 is 16.0 Å². The number of amides is 4. The van der Waals surface area contributed by atoms with Crippen molar-refractivity contribution in [3.8, 4) is 0 Å². The topological polar surface area (TPSA) is 95.7 Å². The molecule has 0 aliphatic carbocycles. The molecule has 1 heterocycles. The number of anilines is 1. The Balaban J connectivity index is 1.83. The highest BCUT2D eigenvalue weighted by molar-refractivity contribution is 5.98. The Kier molecular flexibility index (Phi) is 5.93. The highest BCUT2D eigenvalue weighted by Gasteiger charge is 2.35. The zero-order chi connectivity index (χ0) is 20.1. The predicted octanol–water partition coefficient (Wildman–Crippen LogP) is 1.45. The standard InChI is InChI=1S/C21H24N4O3/c1-15-7-9-17(10-8-15)24-13-18(11-16-5-3-2-4-6-16)25(14-20(24)27)19(26)12-23-21(22)28/h2-10,18H,11-14H2,1H3,(H3,22,23,28)/t18-/m0/s1. The lowest BCUT2D eigenvalue weighted by atomic mass is 10.0. The molecule has 1 aliphatic rings. The second-order valence-electron chi connectivity index (χ2n) is 6.92. The van der Waals surface area contributed by atoms with Crippen LogP contribution in [0.15, 0.2) is 54.6 Å². The number of nitrogens with two attached hydrogens (primary N) is 1. The van der Waals surface area contributed by atoms with Gasteiger partial charge in [-0.05, 0) is 31.0 Å². The maximum Gasteiger partial charge on any atom is 0.312 e. The van der Waals surface area contributed by atoms with E-state index in [2.05, 4.69) is 5.32 Å². The van der Waals surface area contributed by atoms with Gasteiger partial charge >= 0.3 is 6.03 Å². The molecule has 0 radical (unpaired) electrons. The van der Waals surface area contributed by atoms with Crippen LogP contribution in [0, 0.1) is 6.92 Å². The molecule has 1 aliphatic heterocycles. The van der Waals surface area contributed by atoms with E-state index in [1.165, 1.54) is 4.90 Å². The molecule has 7 heteroatoms. The Labute approximate surface area is 164 Å². The van der Waals surface area contributed by atoms with Crippen LogP contribution in [0.3, 0.4) is 0 Å². The quantitative estimate of drug-likeness (QED) is 0.822. The average molecular weight is 380 g/mol. The lowest BCUT2D eigenvalue weighted by Gasteiger charge is -2.41. The molecule has 3 rings (SSSR count). The molecule has 28 heavy (non-hydrogen) atoms. The SMILES string of the molecule is Cc1ccc(N2C[C@H](Cc3ccccc3)N(C(=O)CNC(N)=O)CC2=O)cc1. The minimum absolute atomic E-state index is 0.0371. The molecular weight excluding hydrogens is 356 g/mol. The van der Waals surface area contributed by atoms with Gasteiger partial charge in [0, 0.05) is 12.2 Å². The first-order valence-electron chi connectivity index (χ1n) is 9.18. The van der Waals surface area contributed by atoms with Gasteiger partial charge in [0.1, 0.15) is 6.54 Å². The summed E-state index contributed by atoms with van der Waals surface area (Å²) in [4.78, 5) is 39.6. The molecule has 2 aromatic rings. The molecule has 1 atom stereocenters. The number of carbonyl (C=O) groups is 3. The van der Waals surface area contributed by atoms with Crippen molar-refractivity contribution in [1.29, 1.82) is 0 Å². The van der Waals surface area contributed by atoms with Crippen molar-refractivity contribution in [3.63, 3.8) is 0 Å². The number of aryl methyl sites for hydroxylation is 1. The predicted molar refractivity (Wildman–Crippen MR) is 107 cm³/mol. The van der Waals surface area contributed by atoms with E-state index in [1.54, 1.807) is 4.90 Å². The van der Waals surface area contributed by atoms with Gasteiger partial charge in [0.15, 0.2) is 0 Å². The molecule has 2 aromatic carbocycles. The van der Waals surface area contributed by atoms with E-state index in [4.69, 9.17) is 5.73 Å². The molecule has 0 bridgehead atoms. The minimum Gasteiger partial charge on any atom is -0.352 e. The molecule has 1 fully saturated rings. The molecule has 0 spiro atoms. The molecular formula is C21H24N4O3. The smallest absolute Gasteiger partial charge is 0.312 e. The highest BCUT2D eigenvalue weighted by atomic mass is 16.2. The van der Waals surface area contributed by atoms with Crippen LogP contribution in [0.5, 0.6) is 0 Å². The number of benzene rings is 2. The Morgan fingerprint density at radius 1 is 1.11 bits per heavy atom. The Bertz CT molecular complexity index is 852. The van der Waals surface area contributed by atoms with Crippen molar-refractivity contribution in [1.82, 2.24) is 10.2 Å². The first-order chi connectivity index (χ1) is 13.4. The lowest BCUT2D eigenvalue weighted by Crippen LogP contribution is -2.60. The van der Waals surface area contributed by atoms with Crippen molar-refractivity contribution in [2.45, 2.75) is 19.4 Å². The van der Waals surface area contributed by atoms with Crippen LogP contribution in [0.25, 0.3) is 0 Å². The van der Waals surface area contributed by atoms with Gasteiger partial charge in [-0.2, -0.15) is 0 Å². The second-order valence-corrected chi connectivity index (χ2v) is 6.92. The van der Waals surface area contributed by atoms with Crippen LogP contribution in [0.2, 0.25) is 0 Å². The van der Waals surface area contributed by atoms with E-state index in [0.717, 1.165) is 16.8 Å². The number of hydrogen-bond acceptors (Lipinski definition) is 3. The van der Waals surface area contributed by atoms with E-state index >= 15 is 0 Å². The fourth-order valence-electron chi connectivity index (χ4n) is 3.36. The summed E-state index contributed by atoms with van der Waals surface area (Å²) in [5, 5.41) is 2.31. The summed E-state index contributed by atoms with van der Waals surface area (Å²) in [6, 6.07) is 16.6. The molecule has 0 saturated carbocycles.